The molecule has 1 aliphatic rings. The molecular weight excluding hydrogens is 340 g/mol. The zero-order valence-electron chi connectivity index (χ0n) is 15.5. The molecule has 3 amide bonds. The standard InChI is InChI=1S/C21H26N4O2/c1-15(23-20(26)17-6-5-13-22-14-17)16-9-11-19(12-10-16)25-21(27)24-18-7-3-2-4-8-18/h2-4,7-12,15,17,22H,5-6,13-14H2,1H3,(H,23,26)(H2,24,25,27). The van der Waals surface area contributed by atoms with Crippen molar-refractivity contribution in [2.75, 3.05) is 23.7 Å². The van der Waals surface area contributed by atoms with Gasteiger partial charge in [0.15, 0.2) is 0 Å². The fourth-order valence-electron chi connectivity index (χ4n) is 3.16. The topological polar surface area (TPSA) is 82.3 Å². The maximum Gasteiger partial charge on any atom is 0.323 e. The Hall–Kier alpha value is -2.86. The number of carbonyl (C=O) groups excluding carboxylic acids is 2. The van der Waals surface area contributed by atoms with Crippen molar-refractivity contribution in [1.82, 2.24) is 10.6 Å². The van der Waals surface area contributed by atoms with E-state index in [0.717, 1.165) is 37.2 Å². The number of anilines is 2. The van der Waals surface area contributed by atoms with Crippen molar-refractivity contribution < 1.29 is 9.59 Å². The molecule has 1 saturated heterocycles. The summed E-state index contributed by atoms with van der Waals surface area (Å²) in [6, 6.07) is 16.4. The van der Waals surface area contributed by atoms with Gasteiger partial charge in [0.2, 0.25) is 5.91 Å². The normalized spacial score (nSPS) is 17.6. The van der Waals surface area contributed by atoms with E-state index >= 15 is 0 Å². The molecule has 6 nitrogen and oxygen atoms in total. The van der Waals surface area contributed by atoms with E-state index < -0.39 is 0 Å². The lowest BCUT2D eigenvalue weighted by molar-refractivity contribution is -0.126. The van der Waals surface area contributed by atoms with Crippen LogP contribution >= 0.6 is 0 Å². The van der Waals surface area contributed by atoms with Crippen LogP contribution in [0.2, 0.25) is 0 Å². The van der Waals surface area contributed by atoms with Gasteiger partial charge in [-0.25, -0.2) is 4.79 Å². The zero-order chi connectivity index (χ0) is 19.1. The Morgan fingerprint density at radius 1 is 1.00 bits per heavy atom. The summed E-state index contributed by atoms with van der Waals surface area (Å²) in [5, 5.41) is 11.9. The molecule has 3 rings (SSSR count). The summed E-state index contributed by atoms with van der Waals surface area (Å²) < 4.78 is 0. The van der Waals surface area contributed by atoms with Gasteiger partial charge in [-0.3, -0.25) is 4.79 Å². The first-order valence-corrected chi connectivity index (χ1v) is 9.36. The predicted molar refractivity (Wildman–Crippen MR) is 108 cm³/mol. The molecule has 2 atom stereocenters. The van der Waals surface area contributed by atoms with Gasteiger partial charge in [-0.05, 0) is 56.1 Å². The molecule has 4 N–H and O–H groups in total. The van der Waals surface area contributed by atoms with Gasteiger partial charge in [-0.15, -0.1) is 0 Å². The number of piperidine rings is 1. The van der Waals surface area contributed by atoms with Crippen LogP contribution in [0.5, 0.6) is 0 Å². The molecule has 2 unspecified atom stereocenters. The number of hydrogen-bond donors (Lipinski definition) is 4. The Balaban J connectivity index is 1.51. The van der Waals surface area contributed by atoms with E-state index in [9.17, 15) is 9.59 Å². The van der Waals surface area contributed by atoms with Gasteiger partial charge in [0, 0.05) is 17.9 Å². The number of rotatable bonds is 5. The van der Waals surface area contributed by atoms with Gasteiger partial charge in [0.05, 0.1) is 12.0 Å². The van der Waals surface area contributed by atoms with Crippen molar-refractivity contribution in [3.8, 4) is 0 Å². The van der Waals surface area contributed by atoms with Crippen LogP contribution in [0, 0.1) is 5.92 Å². The van der Waals surface area contributed by atoms with Gasteiger partial charge in [-0.1, -0.05) is 30.3 Å². The van der Waals surface area contributed by atoms with Gasteiger partial charge in [-0.2, -0.15) is 0 Å². The molecule has 1 heterocycles. The van der Waals surface area contributed by atoms with Crippen LogP contribution < -0.4 is 21.3 Å². The molecule has 0 bridgehead atoms. The van der Waals surface area contributed by atoms with E-state index in [1.54, 1.807) is 0 Å². The van der Waals surface area contributed by atoms with Crippen LogP contribution in [0.15, 0.2) is 54.6 Å². The molecule has 0 radical (unpaired) electrons. The molecule has 0 aromatic heterocycles. The van der Waals surface area contributed by atoms with E-state index in [1.165, 1.54) is 0 Å². The highest BCUT2D eigenvalue weighted by atomic mass is 16.2. The fraction of sp³-hybridized carbons (Fsp3) is 0.333. The highest BCUT2D eigenvalue weighted by Crippen LogP contribution is 2.18. The third kappa shape index (κ3) is 5.56. The first-order chi connectivity index (χ1) is 13.1. The van der Waals surface area contributed by atoms with E-state index in [4.69, 9.17) is 0 Å². The van der Waals surface area contributed by atoms with Crippen molar-refractivity contribution in [2.24, 2.45) is 5.92 Å². The Morgan fingerprint density at radius 2 is 1.67 bits per heavy atom. The molecule has 27 heavy (non-hydrogen) atoms. The number of hydrogen-bond acceptors (Lipinski definition) is 3. The Bertz CT molecular complexity index is 756. The SMILES string of the molecule is CC(NC(=O)C1CCCNC1)c1ccc(NC(=O)Nc2ccccc2)cc1. The molecule has 1 fully saturated rings. The van der Waals surface area contributed by atoms with E-state index in [2.05, 4.69) is 21.3 Å². The quantitative estimate of drug-likeness (QED) is 0.654. The minimum Gasteiger partial charge on any atom is -0.349 e. The number of amides is 3. The molecule has 2 aromatic rings. The van der Waals surface area contributed by atoms with Gasteiger partial charge >= 0.3 is 6.03 Å². The Morgan fingerprint density at radius 3 is 2.30 bits per heavy atom. The summed E-state index contributed by atoms with van der Waals surface area (Å²) in [7, 11) is 0. The number of carbonyl (C=O) groups is 2. The Labute approximate surface area is 159 Å². The zero-order valence-corrected chi connectivity index (χ0v) is 15.5. The lowest BCUT2D eigenvalue weighted by Crippen LogP contribution is -2.41. The van der Waals surface area contributed by atoms with Crippen molar-refractivity contribution in [3.63, 3.8) is 0 Å². The second kappa shape index (κ2) is 9.19. The van der Waals surface area contributed by atoms with Crippen LogP contribution in [0.4, 0.5) is 16.2 Å². The number of urea groups is 1. The van der Waals surface area contributed by atoms with Crippen LogP contribution in [0.3, 0.4) is 0 Å². The van der Waals surface area contributed by atoms with Crippen molar-refractivity contribution in [2.45, 2.75) is 25.8 Å². The molecule has 142 valence electrons. The fourth-order valence-corrected chi connectivity index (χ4v) is 3.16. The van der Waals surface area contributed by atoms with E-state index in [0.29, 0.717) is 5.69 Å². The van der Waals surface area contributed by atoms with Crippen molar-refractivity contribution >= 4 is 23.3 Å². The van der Waals surface area contributed by atoms with Crippen LogP contribution in [-0.4, -0.2) is 25.0 Å². The average molecular weight is 366 g/mol. The second-order valence-electron chi connectivity index (χ2n) is 6.84. The van der Waals surface area contributed by atoms with Gasteiger partial charge in [0.25, 0.3) is 0 Å². The van der Waals surface area contributed by atoms with Crippen molar-refractivity contribution in [1.29, 1.82) is 0 Å². The molecule has 6 heteroatoms. The third-order valence-electron chi connectivity index (χ3n) is 4.73. The number of para-hydroxylation sites is 1. The van der Waals surface area contributed by atoms with Gasteiger partial charge in [0.1, 0.15) is 0 Å². The van der Waals surface area contributed by atoms with E-state index in [1.807, 2.05) is 61.5 Å². The molecule has 0 aliphatic carbocycles. The van der Waals surface area contributed by atoms with Crippen molar-refractivity contribution in [3.05, 3.63) is 60.2 Å². The molecule has 1 aliphatic heterocycles. The molecular formula is C21H26N4O2. The molecule has 0 spiro atoms. The largest absolute Gasteiger partial charge is 0.349 e. The maximum absolute atomic E-state index is 12.4. The van der Waals surface area contributed by atoms with Crippen LogP contribution in [0.1, 0.15) is 31.4 Å². The highest BCUT2D eigenvalue weighted by Gasteiger charge is 2.22. The average Bonchev–Trinajstić information content (AvgIpc) is 2.70. The first-order valence-electron chi connectivity index (χ1n) is 9.36. The van der Waals surface area contributed by atoms with Gasteiger partial charge < -0.3 is 21.3 Å². The lowest BCUT2D eigenvalue weighted by atomic mass is 9.98. The minimum atomic E-state index is -0.292. The molecule has 0 saturated carbocycles. The third-order valence-corrected chi connectivity index (χ3v) is 4.73. The summed E-state index contributed by atoms with van der Waals surface area (Å²) in [6.45, 7) is 3.71. The molecule has 2 aromatic carbocycles. The summed E-state index contributed by atoms with van der Waals surface area (Å²) in [5.41, 5.74) is 2.43. The second-order valence-corrected chi connectivity index (χ2v) is 6.84. The highest BCUT2D eigenvalue weighted by molar-refractivity contribution is 5.99. The van der Waals surface area contributed by atoms with E-state index in [-0.39, 0.29) is 23.9 Å². The monoisotopic (exact) mass is 366 g/mol. The Kier molecular flexibility index (Phi) is 6.44. The van der Waals surface area contributed by atoms with Crippen LogP contribution in [-0.2, 0) is 4.79 Å². The lowest BCUT2D eigenvalue weighted by Gasteiger charge is -2.24. The summed E-state index contributed by atoms with van der Waals surface area (Å²) >= 11 is 0. The van der Waals surface area contributed by atoms with Crippen LogP contribution in [0.25, 0.3) is 0 Å². The number of nitrogens with one attached hydrogen (secondary N) is 4. The smallest absolute Gasteiger partial charge is 0.323 e. The predicted octanol–water partition coefficient (Wildman–Crippen LogP) is 3.51. The minimum absolute atomic E-state index is 0.0452. The summed E-state index contributed by atoms with van der Waals surface area (Å²) in [6.07, 6.45) is 1.98. The summed E-state index contributed by atoms with van der Waals surface area (Å²) in [4.78, 5) is 24.4. The first kappa shape index (κ1) is 18.9. The summed E-state index contributed by atoms with van der Waals surface area (Å²) in [5.74, 6) is 0.142. The maximum atomic E-state index is 12.4. The number of benzene rings is 2.